The minimum Gasteiger partial charge on any atom is -0.450 e. The topological polar surface area (TPSA) is 150 Å². The summed E-state index contributed by atoms with van der Waals surface area (Å²) in [5.74, 6) is -0.315. The third-order valence-corrected chi connectivity index (χ3v) is 3.76. The number of carbonyl (C=O) groups is 1. The molecule has 0 unspecified atom stereocenters. The van der Waals surface area contributed by atoms with Crippen LogP contribution < -0.4 is 10.2 Å². The Morgan fingerprint density at radius 3 is 2.50 bits per heavy atom. The predicted octanol–water partition coefficient (Wildman–Crippen LogP) is 3.45. The number of ether oxygens (including phenoxy) is 1. The largest absolute Gasteiger partial charge is 0.450 e. The van der Waals surface area contributed by atoms with Crippen molar-refractivity contribution in [1.82, 2.24) is 10.4 Å². The lowest BCUT2D eigenvalue weighted by molar-refractivity contribution is -0.394. The fourth-order valence-corrected chi connectivity index (χ4v) is 2.37. The lowest BCUT2D eigenvalue weighted by Crippen LogP contribution is -2.17. The van der Waals surface area contributed by atoms with E-state index in [2.05, 4.69) is 15.5 Å². The monoisotopic (exact) mass is 407 g/mol. The second kappa shape index (κ2) is 9.01. The number of benzene rings is 2. The van der Waals surface area contributed by atoms with E-state index in [0.717, 1.165) is 18.2 Å². The van der Waals surface area contributed by atoms with Crippen LogP contribution in [0.25, 0.3) is 0 Å². The van der Waals surface area contributed by atoms with Crippen LogP contribution in [0.4, 0.5) is 11.4 Å². The van der Waals surface area contributed by atoms with Crippen molar-refractivity contribution in [2.75, 3.05) is 0 Å². The molecule has 0 aliphatic rings. The first-order valence-electron chi connectivity index (χ1n) is 8.38. The van der Waals surface area contributed by atoms with E-state index in [1.807, 2.05) is 0 Å². The average Bonchev–Trinajstić information content (AvgIpc) is 2.74. The van der Waals surface area contributed by atoms with Crippen LogP contribution in [0.5, 0.6) is 11.5 Å². The van der Waals surface area contributed by atoms with E-state index in [1.54, 1.807) is 18.2 Å². The second-order valence-electron chi connectivity index (χ2n) is 5.78. The van der Waals surface area contributed by atoms with E-state index in [1.165, 1.54) is 36.8 Å². The number of nitro groups is 2. The summed E-state index contributed by atoms with van der Waals surface area (Å²) in [7, 11) is 0. The Hall–Kier alpha value is -4.67. The number of amides is 1. The van der Waals surface area contributed by atoms with Gasteiger partial charge in [0.2, 0.25) is 5.75 Å². The van der Waals surface area contributed by atoms with Gasteiger partial charge in [0.15, 0.2) is 0 Å². The zero-order valence-corrected chi connectivity index (χ0v) is 15.2. The number of non-ortho nitro benzene ring substituents is 1. The van der Waals surface area contributed by atoms with Gasteiger partial charge in [-0.15, -0.1) is 0 Å². The van der Waals surface area contributed by atoms with Crippen molar-refractivity contribution >= 4 is 23.5 Å². The molecule has 0 saturated heterocycles. The van der Waals surface area contributed by atoms with E-state index >= 15 is 0 Å². The highest BCUT2D eigenvalue weighted by Crippen LogP contribution is 2.34. The minimum atomic E-state index is -0.762. The van der Waals surface area contributed by atoms with Gasteiger partial charge in [0.05, 0.1) is 22.1 Å². The summed E-state index contributed by atoms with van der Waals surface area (Å²) in [5.41, 5.74) is 2.36. The summed E-state index contributed by atoms with van der Waals surface area (Å²) < 4.78 is 5.52. The van der Waals surface area contributed by atoms with Crippen LogP contribution in [0.15, 0.2) is 72.1 Å². The molecule has 0 fully saturated rings. The number of nitro benzene ring substituents is 2. The summed E-state index contributed by atoms with van der Waals surface area (Å²) in [6.45, 7) is 0. The van der Waals surface area contributed by atoms with Gasteiger partial charge in [-0.25, -0.2) is 5.43 Å². The van der Waals surface area contributed by atoms with Gasteiger partial charge in [-0.2, -0.15) is 5.10 Å². The van der Waals surface area contributed by atoms with Crippen molar-refractivity contribution in [3.05, 3.63) is 98.3 Å². The van der Waals surface area contributed by atoms with Gasteiger partial charge in [-0.3, -0.25) is 30.0 Å². The van der Waals surface area contributed by atoms with E-state index in [9.17, 15) is 25.0 Å². The minimum absolute atomic E-state index is 0.148. The van der Waals surface area contributed by atoms with Gasteiger partial charge in [0.25, 0.3) is 11.6 Å². The molecule has 0 radical (unpaired) electrons. The zero-order valence-electron chi connectivity index (χ0n) is 15.2. The third-order valence-electron chi connectivity index (χ3n) is 3.76. The molecule has 3 aromatic rings. The maximum absolute atomic E-state index is 11.9. The van der Waals surface area contributed by atoms with Crippen LogP contribution >= 0.6 is 0 Å². The Balaban J connectivity index is 1.74. The summed E-state index contributed by atoms with van der Waals surface area (Å²) in [6.07, 6.45) is 4.34. The SMILES string of the molecule is O=C(N/N=C\c1cccc(Oc2ccc([N+](=O)[O-])cc2[N+](=O)[O-])c1)c1ccncc1. The van der Waals surface area contributed by atoms with Crippen LogP contribution in [-0.2, 0) is 0 Å². The molecule has 1 amide bonds. The maximum Gasteiger partial charge on any atom is 0.318 e. The highest BCUT2D eigenvalue weighted by Gasteiger charge is 2.21. The first-order chi connectivity index (χ1) is 14.4. The molecule has 1 heterocycles. The van der Waals surface area contributed by atoms with Gasteiger partial charge in [0, 0.05) is 24.0 Å². The Morgan fingerprint density at radius 1 is 1.03 bits per heavy atom. The molecule has 0 aliphatic heterocycles. The number of nitrogens with zero attached hydrogens (tertiary/aromatic N) is 4. The first kappa shape index (κ1) is 20.1. The van der Waals surface area contributed by atoms with E-state index in [0.29, 0.717) is 11.1 Å². The predicted molar refractivity (Wildman–Crippen MR) is 106 cm³/mol. The lowest BCUT2D eigenvalue weighted by atomic mass is 10.2. The van der Waals surface area contributed by atoms with Crippen molar-refractivity contribution in [2.45, 2.75) is 0 Å². The van der Waals surface area contributed by atoms with Gasteiger partial charge < -0.3 is 4.74 Å². The standard InChI is InChI=1S/C19H13N5O6/c25-19(14-6-8-20-9-7-14)22-21-12-13-2-1-3-16(10-13)30-18-5-4-15(23(26)27)11-17(18)24(28)29/h1-12H,(H,22,25)/b21-12-. The summed E-state index contributed by atoms with van der Waals surface area (Å²) in [4.78, 5) is 36.3. The zero-order chi connectivity index (χ0) is 21.5. The molecule has 3 rings (SSSR count). The molecule has 150 valence electrons. The fraction of sp³-hybridized carbons (Fsp3) is 0. The first-order valence-corrected chi connectivity index (χ1v) is 8.38. The number of pyridine rings is 1. The number of aromatic nitrogens is 1. The quantitative estimate of drug-likeness (QED) is 0.358. The Bertz CT molecular complexity index is 1130. The van der Waals surface area contributed by atoms with Crippen molar-refractivity contribution in [1.29, 1.82) is 0 Å². The third kappa shape index (κ3) is 4.98. The lowest BCUT2D eigenvalue weighted by Gasteiger charge is -2.07. The van der Waals surface area contributed by atoms with Gasteiger partial charge in [-0.1, -0.05) is 12.1 Å². The second-order valence-corrected chi connectivity index (χ2v) is 5.78. The molecule has 0 aliphatic carbocycles. The van der Waals surface area contributed by atoms with Gasteiger partial charge >= 0.3 is 5.69 Å². The normalized spacial score (nSPS) is 10.5. The summed E-state index contributed by atoms with van der Waals surface area (Å²) in [6, 6.07) is 12.6. The molecule has 1 N–H and O–H groups in total. The molecule has 11 heteroatoms. The number of rotatable bonds is 7. The molecule has 0 atom stereocenters. The number of hydrazone groups is 1. The molecule has 0 bridgehead atoms. The molecule has 30 heavy (non-hydrogen) atoms. The highest BCUT2D eigenvalue weighted by atomic mass is 16.6. The maximum atomic E-state index is 11.9. The Morgan fingerprint density at radius 2 is 1.80 bits per heavy atom. The number of carbonyl (C=O) groups excluding carboxylic acids is 1. The molecule has 0 spiro atoms. The van der Waals surface area contributed by atoms with E-state index in [-0.39, 0.29) is 11.5 Å². The smallest absolute Gasteiger partial charge is 0.318 e. The fourth-order valence-electron chi connectivity index (χ4n) is 2.37. The molecule has 2 aromatic carbocycles. The Labute approximate surface area is 168 Å². The van der Waals surface area contributed by atoms with Crippen molar-refractivity contribution < 1.29 is 19.4 Å². The highest BCUT2D eigenvalue weighted by molar-refractivity contribution is 5.94. The molecular weight excluding hydrogens is 394 g/mol. The molecule has 11 nitrogen and oxygen atoms in total. The number of hydrogen-bond acceptors (Lipinski definition) is 8. The van der Waals surface area contributed by atoms with Crippen LogP contribution in [0.1, 0.15) is 15.9 Å². The number of hydrogen-bond donors (Lipinski definition) is 1. The van der Waals surface area contributed by atoms with Crippen molar-refractivity contribution in [3.8, 4) is 11.5 Å². The van der Waals surface area contributed by atoms with E-state index in [4.69, 9.17) is 4.74 Å². The van der Waals surface area contributed by atoms with Gasteiger partial charge in [-0.05, 0) is 35.9 Å². The average molecular weight is 407 g/mol. The molecule has 1 aromatic heterocycles. The molecule has 0 saturated carbocycles. The van der Waals surface area contributed by atoms with Crippen LogP contribution in [0.3, 0.4) is 0 Å². The van der Waals surface area contributed by atoms with Crippen molar-refractivity contribution in [3.63, 3.8) is 0 Å². The van der Waals surface area contributed by atoms with Crippen LogP contribution in [0.2, 0.25) is 0 Å². The summed E-state index contributed by atoms with van der Waals surface area (Å²) >= 11 is 0. The van der Waals surface area contributed by atoms with Gasteiger partial charge in [0.1, 0.15) is 5.75 Å². The van der Waals surface area contributed by atoms with Crippen LogP contribution in [-0.4, -0.2) is 27.0 Å². The van der Waals surface area contributed by atoms with E-state index < -0.39 is 27.1 Å². The Kier molecular flexibility index (Phi) is 6.03. The molecular formula is C19H13N5O6. The number of nitrogens with one attached hydrogen (secondary N) is 1. The van der Waals surface area contributed by atoms with Crippen LogP contribution in [0, 0.1) is 20.2 Å². The van der Waals surface area contributed by atoms with Crippen molar-refractivity contribution in [2.24, 2.45) is 5.10 Å². The summed E-state index contributed by atoms with van der Waals surface area (Å²) in [5, 5.41) is 25.9.